The van der Waals surface area contributed by atoms with Crippen LogP contribution < -0.4 is 15.8 Å². The second-order valence-corrected chi connectivity index (χ2v) is 12.6. The van der Waals surface area contributed by atoms with E-state index in [-0.39, 0.29) is 29.8 Å². The van der Waals surface area contributed by atoms with Crippen molar-refractivity contribution >= 4 is 38.2 Å². The van der Waals surface area contributed by atoms with E-state index >= 15 is 0 Å². The number of rotatable bonds is 9. The van der Waals surface area contributed by atoms with Crippen LogP contribution in [0.2, 0.25) is 0 Å². The van der Waals surface area contributed by atoms with Gasteiger partial charge in [-0.05, 0) is 62.8 Å². The van der Waals surface area contributed by atoms with E-state index in [4.69, 9.17) is 20.2 Å². The van der Waals surface area contributed by atoms with E-state index in [1.807, 2.05) is 40.7 Å². The molecule has 0 bridgehead atoms. The first-order chi connectivity index (χ1) is 17.8. The normalized spacial score (nSPS) is 19.8. The summed E-state index contributed by atoms with van der Waals surface area (Å²) < 4.78 is 34.6. The van der Waals surface area contributed by atoms with Crippen LogP contribution >= 0.6 is 0 Å². The highest BCUT2D eigenvalue weighted by Crippen LogP contribution is 2.35. The van der Waals surface area contributed by atoms with Crippen molar-refractivity contribution in [3.63, 3.8) is 0 Å². The zero-order valence-corrected chi connectivity index (χ0v) is 23.4. The van der Waals surface area contributed by atoms with Crippen molar-refractivity contribution in [2.75, 3.05) is 17.3 Å². The van der Waals surface area contributed by atoms with Crippen LogP contribution in [0.5, 0.6) is 5.88 Å². The minimum Gasteiger partial charge on any atom is -0.474 e. The van der Waals surface area contributed by atoms with Gasteiger partial charge < -0.3 is 20.5 Å². The summed E-state index contributed by atoms with van der Waals surface area (Å²) in [5.41, 5.74) is 7.96. The first kappa shape index (κ1) is 27.7. The van der Waals surface area contributed by atoms with E-state index in [0.717, 1.165) is 10.9 Å². The van der Waals surface area contributed by atoms with Gasteiger partial charge in [-0.3, -0.25) is 0 Å². The second-order valence-electron chi connectivity index (χ2n) is 10.4. The summed E-state index contributed by atoms with van der Waals surface area (Å²) in [6.07, 6.45) is 4.97. The van der Waals surface area contributed by atoms with Crippen molar-refractivity contribution in [1.29, 1.82) is 0 Å². The summed E-state index contributed by atoms with van der Waals surface area (Å²) in [7, 11) is -3.10. The van der Waals surface area contributed by atoms with E-state index in [0.29, 0.717) is 47.0 Å². The molecule has 204 valence electrons. The largest absolute Gasteiger partial charge is 0.474 e. The number of aromatic nitrogens is 3. The predicted octanol–water partition coefficient (Wildman–Crippen LogP) is 4.22. The fourth-order valence-electron chi connectivity index (χ4n) is 4.30. The first-order valence-electron chi connectivity index (χ1n) is 12.7. The van der Waals surface area contributed by atoms with Gasteiger partial charge in [0.1, 0.15) is 27.6 Å². The summed E-state index contributed by atoms with van der Waals surface area (Å²) in [5, 5.41) is 4.74. The molecule has 0 saturated carbocycles. The van der Waals surface area contributed by atoms with Gasteiger partial charge >= 0.3 is 5.97 Å². The van der Waals surface area contributed by atoms with Crippen molar-refractivity contribution in [2.45, 2.75) is 71.1 Å². The van der Waals surface area contributed by atoms with Gasteiger partial charge in [-0.15, -0.1) is 0 Å². The van der Waals surface area contributed by atoms with E-state index in [1.165, 1.54) is 6.26 Å². The number of pyridine rings is 3. The summed E-state index contributed by atoms with van der Waals surface area (Å²) >= 11 is 0. The minimum atomic E-state index is -3.10. The van der Waals surface area contributed by atoms with Crippen molar-refractivity contribution in [3.8, 4) is 5.88 Å². The molecule has 11 heteroatoms. The van der Waals surface area contributed by atoms with E-state index in [1.54, 1.807) is 24.5 Å². The molecule has 4 heterocycles. The van der Waals surface area contributed by atoms with Crippen LogP contribution in [-0.4, -0.2) is 53.6 Å². The number of cyclic esters (lactones) is 1. The number of nitrogens with one attached hydrogen (secondary N) is 1. The van der Waals surface area contributed by atoms with Gasteiger partial charge in [0.15, 0.2) is 0 Å². The molecular weight excluding hydrogens is 506 g/mol. The average Bonchev–Trinajstić information content (AvgIpc) is 2.85. The zero-order chi connectivity index (χ0) is 27.8. The molecule has 0 fully saturated rings. The molecule has 4 atom stereocenters. The third-order valence-electron chi connectivity index (χ3n) is 7.12. The van der Waals surface area contributed by atoms with Gasteiger partial charge in [-0.1, -0.05) is 13.8 Å². The number of carbonyl (C=O) groups is 1. The summed E-state index contributed by atoms with van der Waals surface area (Å²) in [6, 6.07) is 5.31. The van der Waals surface area contributed by atoms with Gasteiger partial charge in [0.05, 0.1) is 28.5 Å². The lowest BCUT2D eigenvalue weighted by molar-refractivity contribution is 0.0235. The Morgan fingerprint density at radius 3 is 2.61 bits per heavy atom. The molecule has 0 spiro atoms. The molecule has 3 aromatic rings. The number of hydrogen-bond acceptors (Lipinski definition) is 10. The van der Waals surface area contributed by atoms with E-state index in [2.05, 4.69) is 15.3 Å². The molecule has 0 saturated heterocycles. The number of ether oxygens (including phenoxy) is 2. The van der Waals surface area contributed by atoms with E-state index < -0.39 is 15.4 Å². The van der Waals surface area contributed by atoms with Crippen LogP contribution in [0.4, 0.5) is 11.6 Å². The number of esters is 1. The molecule has 0 aromatic carbocycles. The standard InChI is InChI=1S/C27H35N5O5S/c1-7-27(5,28)21-14-30-25(36-15(2)10-11-38(6,34)35)20-13-29-23(12-19(20)21)31-22-9-8-18-24(32-22)16(3)17(4)37-26(18)33/h8-9,12-17H,7,10-11,28H2,1-6H3,(H,29,31,32)/t15-,16+,17+,27-/m1/s1. The maximum Gasteiger partial charge on any atom is 0.340 e. The zero-order valence-electron chi connectivity index (χ0n) is 22.6. The number of anilines is 2. The highest BCUT2D eigenvalue weighted by atomic mass is 32.2. The molecule has 0 unspecified atom stereocenters. The Hall–Kier alpha value is -3.31. The number of fused-ring (bicyclic) bond motifs is 2. The molecule has 10 nitrogen and oxygen atoms in total. The monoisotopic (exact) mass is 541 g/mol. The van der Waals surface area contributed by atoms with Crippen LogP contribution in [0.15, 0.2) is 30.6 Å². The Labute approximate surface area is 223 Å². The number of sulfone groups is 1. The minimum absolute atomic E-state index is 0.0239. The topological polar surface area (TPSA) is 146 Å². The average molecular weight is 542 g/mol. The Balaban J connectivity index is 1.70. The summed E-state index contributed by atoms with van der Waals surface area (Å²) in [6.45, 7) is 9.60. The molecule has 38 heavy (non-hydrogen) atoms. The highest BCUT2D eigenvalue weighted by molar-refractivity contribution is 7.90. The SMILES string of the molecule is CC[C@@](C)(N)c1cnc(O[C@H](C)CCS(C)(=O)=O)c2cnc(Nc3ccc4c(n3)[C@@H](C)[C@H](C)OC4=O)cc12. The Morgan fingerprint density at radius 1 is 1.18 bits per heavy atom. The molecule has 0 aliphatic carbocycles. The first-order valence-corrected chi connectivity index (χ1v) is 14.8. The molecule has 0 amide bonds. The van der Waals surface area contributed by atoms with Crippen molar-refractivity contribution in [1.82, 2.24) is 15.0 Å². The third-order valence-corrected chi connectivity index (χ3v) is 8.10. The number of nitrogens with two attached hydrogens (primary N) is 1. The maximum absolute atomic E-state index is 12.3. The van der Waals surface area contributed by atoms with Gasteiger partial charge in [-0.2, -0.15) is 0 Å². The summed E-state index contributed by atoms with van der Waals surface area (Å²) in [4.78, 5) is 26.0. The highest BCUT2D eigenvalue weighted by Gasteiger charge is 2.31. The quantitative estimate of drug-likeness (QED) is 0.377. The smallest absolute Gasteiger partial charge is 0.340 e. The third kappa shape index (κ3) is 5.88. The summed E-state index contributed by atoms with van der Waals surface area (Å²) in [5.74, 6) is 1.07. The van der Waals surface area contributed by atoms with Crippen molar-refractivity contribution < 1.29 is 22.7 Å². The molecule has 3 aromatic heterocycles. The fourth-order valence-corrected chi connectivity index (χ4v) is 5.06. The van der Waals surface area contributed by atoms with E-state index in [9.17, 15) is 13.2 Å². The lowest BCUT2D eigenvalue weighted by Gasteiger charge is -2.27. The van der Waals surface area contributed by atoms with Gasteiger partial charge in [0.25, 0.3) is 0 Å². The van der Waals surface area contributed by atoms with Crippen LogP contribution in [0, 0.1) is 0 Å². The van der Waals surface area contributed by atoms with Crippen molar-refractivity contribution in [2.24, 2.45) is 5.73 Å². The van der Waals surface area contributed by atoms with Gasteiger partial charge in [0.2, 0.25) is 5.88 Å². The van der Waals surface area contributed by atoms with Gasteiger partial charge in [0, 0.05) is 30.1 Å². The second kappa shape index (κ2) is 10.5. The molecule has 3 N–H and O–H groups in total. The lowest BCUT2D eigenvalue weighted by atomic mass is 9.88. The Morgan fingerprint density at radius 2 is 1.92 bits per heavy atom. The van der Waals surface area contributed by atoms with Gasteiger partial charge in [-0.25, -0.2) is 28.2 Å². The molecule has 4 rings (SSSR count). The molecular formula is C27H35N5O5S. The van der Waals surface area contributed by atoms with Crippen LogP contribution in [0.1, 0.15) is 75.0 Å². The van der Waals surface area contributed by atoms with Crippen LogP contribution in [0.25, 0.3) is 10.8 Å². The number of nitrogens with zero attached hydrogens (tertiary/aromatic N) is 3. The molecule has 1 aliphatic heterocycles. The fraction of sp³-hybridized carbons (Fsp3) is 0.481. The van der Waals surface area contributed by atoms with Crippen LogP contribution in [0.3, 0.4) is 0 Å². The number of carbonyl (C=O) groups excluding carboxylic acids is 1. The number of hydrogen-bond donors (Lipinski definition) is 2. The predicted molar refractivity (Wildman–Crippen MR) is 147 cm³/mol. The Bertz CT molecular complexity index is 1470. The Kier molecular flexibility index (Phi) is 7.62. The maximum atomic E-state index is 12.3. The molecule has 0 radical (unpaired) electrons. The van der Waals surface area contributed by atoms with Crippen LogP contribution in [-0.2, 0) is 20.1 Å². The molecule has 1 aliphatic rings. The van der Waals surface area contributed by atoms with Crippen molar-refractivity contribution in [3.05, 3.63) is 47.4 Å². The lowest BCUT2D eigenvalue weighted by Crippen LogP contribution is -2.32.